The van der Waals surface area contributed by atoms with Crippen LogP contribution >= 0.6 is 34.2 Å². The van der Waals surface area contributed by atoms with Gasteiger partial charge in [0, 0.05) is 3.92 Å². The van der Waals surface area contributed by atoms with E-state index in [1.165, 1.54) is 5.56 Å². The fourth-order valence-electron chi connectivity index (χ4n) is 1.90. The van der Waals surface area contributed by atoms with Crippen molar-refractivity contribution in [3.8, 4) is 5.75 Å². The number of hydrogen-bond acceptors (Lipinski definition) is 1. The Bertz CT molecular complexity index is 350. The summed E-state index contributed by atoms with van der Waals surface area (Å²) in [6.45, 7) is 6.67. The van der Waals surface area contributed by atoms with Crippen molar-refractivity contribution in [2.75, 3.05) is 0 Å². The second-order valence-electron chi connectivity index (χ2n) is 4.58. The van der Waals surface area contributed by atoms with Gasteiger partial charge in [-0.25, -0.2) is 0 Å². The second-order valence-corrected chi connectivity index (χ2v) is 7.11. The number of phenols is 1. The highest BCUT2D eigenvalue weighted by Crippen LogP contribution is 2.34. The van der Waals surface area contributed by atoms with E-state index in [-0.39, 0.29) is 5.75 Å². The summed E-state index contributed by atoms with van der Waals surface area (Å²) < 4.78 is 0.637. The van der Waals surface area contributed by atoms with Crippen LogP contribution in [0.2, 0.25) is 5.02 Å². The van der Waals surface area contributed by atoms with Gasteiger partial charge >= 0.3 is 0 Å². The first-order chi connectivity index (χ1) is 7.41. The molecular weight excluding hydrogens is 334 g/mol. The molecule has 0 spiro atoms. The molecule has 0 saturated carbocycles. The molecule has 1 aromatic rings. The molecule has 0 aliphatic carbocycles. The summed E-state index contributed by atoms with van der Waals surface area (Å²) in [5.41, 5.74) is 1.22. The molecule has 2 unspecified atom stereocenters. The summed E-state index contributed by atoms with van der Waals surface area (Å²) in [6, 6.07) is 5.55. The van der Waals surface area contributed by atoms with Crippen LogP contribution in [0.3, 0.4) is 0 Å². The summed E-state index contributed by atoms with van der Waals surface area (Å²) >= 11 is 8.40. The lowest BCUT2D eigenvalue weighted by Crippen LogP contribution is -2.10. The normalized spacial score (nSPS) is 15.1. The monoisotopic (exact) mass is 352 g/mol. The van der Waals surface area contributed by atoms with E-state index in [1.807, 2.05) is 12.1 Å². The zero-order valence-electron chi connectivity index (χ0n) is 9.87. The van der Waals surface area contributed by atoms with E-state index in [0.29, 0.717) is 20.8 Å². The lowest BCUT2D eigenvalue weighted by molar-refractivity contribution is 0.464. The molecule has 0 bridgehead atoms. The number of benzene rings is 1. The highest BCUT2D eigenvalue weighted by molar-refractivity contribution is 14.1. The molecule has 1 rings (SSSR count). The molecule has 90 valence electrons. The second kappa shape index (κ2) is 6.10. The van der Waals surface area contributed by atoms with Gasteiger partial charge in [-0.1, -0.05) is 61.0 Å². The number of rotatable bonds is 4. The molecule has 0 radical (unpaired) electrons. The van der Waals surface area contributed by atoms with Gasteiger partial charge in [-0.3, -0.25) is 0 Å². The molecular formula is C13H18ClIO. The molecule has 2 atom stereocenters. The molecule has 1 aromatic carbocycles. The van der Waals surface area contributed by atoms with E-state index < -0.39 is 0 Å². The molecule has 1 N–H and O–H groups in total. The minimum absolute atomic E-state index is 0.162. The number of halogens is 2. The number of hydrogen-bond donors (Lipinski definition) is 1. The lowest BCUT2D eigenvalue weighted by Gasteiger charge is -2.23. The van der Waals surface area contributed by atoms with Crippen molar-refractivity contribution in [3.05, 3.63) is 28.8 Å². The fraction of sp³-hybridized carbons (Fsp3) is 0.538. The topological polar surface area (TPSA) is 20.2 Å². The first kappa shape index (κ1) is 14.1. The van der Waals surface area contributed by atoms with Gasteiger partial charge in [-0.2, -0.15) is 0 Å². The third kappa shape index (κ3) is 3.81. The molecule has 0 fully saturated rings. The third-order valence-corrected chi connectivity index (χ3v) is 3.59. The molecule has 0 saturated heterocycles. The maximum absolute atomic E-state index is 9.41. The summed E-state index contributed by atoms with van der Waals surface area (Å²) in [6.07, 6.45) is 1.14. The Labute approximate surface area is 116 Å². The average Bonchev–Trinajstić information content (AvgIpc) is 2.18. The standard InChI is InChI=1S/C13H18ClIO/c1-8(2)11(6-9(3)15)10-4-5-13(16)12(14)7-10/h4-5,7-9,11,16H,6H2,1-3H3. The molecule has 0 aromatic heterocycles. The highest BCUT2D eigenvalue weighted by Gasteiger charge is 2.18. The van der Waals surface area contributed by atoms with Crippen LogP contribution in [0, 0.1) is 5.92 Å². The zero-order chi connectivity index (χ0) is 12.3. The van der Waals surface area contributed by atoms with E-state index >= 15 is 0 Å². The van der Waals surface area contributed by atoms with Crippen LogP contribution < -0.4 is 0 Å². The van der Waals surface area contributed by atoms with Crippen LogP contribution in [0.5, 0.6) is 5.75 Å². The first-order valence-corrected chi connectivity index (χ1v) is 7.16. The smallest absolute Gasteiger partial charge is 0.134 e. The van der Waals surface area contributed by atoms with Crippen molar-refractivity contribution in [2.24, 2.45) is 5.92 Å². The predicted octanol–water partition coefficient (Wildman–Crippen LogP) is 5.00. The van der Waals surface area contributed by atoms with Gasteiger partial charge in [0.15, 0.2) is 0 Å². The van der Waals surface area contributed by atoms with Crippen LogP contribution in [-0.2, 0) is 0 Å². The minimum Gasteiger partial charge on any atom is -0.506 e. The van der Waals surface area contributed by atoms with E-state index in [4.69, 9.17) is 11.6 Å². The lowest BCUT2D eigenvalue weighted by atomic mass is 9.85. The van der Waals surface area contributed by atoms with Crippen LogP contribution in [0.4, 0.5) is 0 Å². The molecule has 16 heavy (non-hydrogen) atoms. The largest absolute Gasteiger partial charge is 0.506 e. The first-order valence-electron chi connectivity index (χ1n) is 5.54. The SMILES string of the molecule is CC(I)CC(c1ccc(O)c(Cl)c1)C(C)C. The van der Waals surface area contributed by atoms with E-state index in [2.05, 4.69) is 43.4 Å². The Morgan fingerprint density at radius 3 is 2.38 bits per heavy atom. The Morgan fingerprint density at radius 2 is 1.94 bits per heavy atom. The number of phenolic OH excluding ortho intramolecular Hbond substituents is 1. The molecule has 0 heterocycles. The Hall–Kier alpha value is 0.0400. The molecule has 0 amide bonds. The summed E-state index contributed by atoms with van der Waals surface area (Å²) in [5, 5.41) is 9.86. The van der Waals surface area contributed by atoms with E-state index in [9.17, 15) is 5.11 Å². The summed E-state index contributed by atoms with van der Waals surface area (Å²) in [4.78, 5) is 0. The minimum atomic E-state index is 0.162. The van der Waals surface area contributed by atoms with Gasteiger partial charge < -0.3 is 5.11 Å². The van der Waals surface area contributed by atoms with Gasteiger partial charge in [0.1, 0.15) is 5.75 Å². The molecule has 1 nitrogen and oxygen atoms in total. The Balaban J connectivity index is 2.97. The average molecular weight is 353 g/mol. The zero-order valence-corrected chi connectivity index (χ0v) is 12.8. The van der Waals surface area contributed by atoms with Crippen LogP contribution in [-0.4, -0.2) is 9.03 Å². The van der Waals surface area contributed by atoms with Crippen molar-refractivity contribution >= 4 is 34.2 Å². The molecule has 3 heteroatoms. The molecule has 0 aliphatic heterocycles. The number of alkyl halides is 1. The summed E-state index contributed by atoms with van der Waals surface area (Å²) in [5.74, 6) is 1.25. The molecule has 0 aliphatic rings. The van der Waals surface area contributed by atoms with Gasteiger partial charge in [0.25, 0.3) is 0 Å². The maximum Gasteiger partial charge on any atom is 0.134 e. The van der Waals surface area contributed by atoms with E-state index in [0.717, 1.165) is 6.42 Å². The van der Waals surface area contributed by atoms with Gasteiger partial charge in [0.2, 0.25) is 0 Å². The van der Waals surface area contributed by atoms with Crippen molar-refractivity contribution in [1.82, 2.24) is 0 Å². The van der Waals surface area contributed by atoms with Crippen molar-refractivity contribution < 1.29 is 5.11 Å². The predicted molar refractivity (Wildman–Crippen MR) is 78.8 cm³/mol. The third-order valence-electron chi connectivity index (χ3n) is 2.78. The van der Waals surface area contributed by atoms with Crippen molar-refractivity contribution in [3.63, 3.8) is 0 Å². The Kier molecular flexibility index (Phi) is 5.38. The fourth-order valence-corrected chi connectivity index (χ4v) is 2.63. The Morgan fingerprint density at radius 1 is 1.31 bits per heavy atom. The van der Waals surface area contributed by atoms with Crippen LogP contribution in [0.15, 0.2) is 18.2 Å². The highest BCUT2D eigenvalue weighted by atomic mass is 127. The van der Waals surface area contributed by atoms with E-state index in [1.54, 1.807) is 6.07 Å². The van der Waals surface area contributed by atoms with Crippen LogP contribution in [0.1, 0.15) is 38.7 Å². The van der Waals surface area contributed by atoms with Gasteiger partial charge in [-0.05, 0) is 36.0 Å². The number of aromatic hydroxyl groups is 1. The van der Waals surface area contributed by atoms with Crippen LogP contribution in [0.25, 0.3) is 0 Å². The quantitative estimate of drug-likeness (QED) is 0.597. The summed E-state index contributed by atoms with van der Waals surface area (Å²) in [7, 11) is 0. The maximum atomic E-state index is 9.41. The van der Waals surface area contributed by atoms with Crippen molar-refractivity contribution in [1.29, 1.82) is 0 Å². The van der Waals surface area contributed by atoms with Gasteiger partial charge in [0.05, 0.1) is 5.02 Å². The van der Waals surface area contributed by atoms with Crippen molar-refractivity contribution in [2.45, 2.75) is 37.0 Å². The van der Waals surface area contributed by atoms with Gasteiger partial charge in [-0.15, -0.1) is 0 Å².